The second-order valence-corrected chi connectivity index (χ2v) is 24.8. The van der Waals surface area contributed by atoms with E-state index in [0.29, 0.717) is 0 Å². The monoisotopic (exact) mass is 1120 g/mol. The number of rotatable bonds is 5. The van der Waals surface area contributed by atoms with Gasteiger partial charge in [-0.25, -0.2) is 0 Å². The van der Waals surface area contributed by atoms with Gasteiger partial charge >= 0.3 is 0 Å². The summed E-state index contributed by atoms with van der Waals surface area (Å²) in [5.41, 5.74) is 27.0. The average molecular weight is 1130 g/mol. The van der Waals surface area contributed by atoms with Crippen molar-refractivity contribution in [3.63, 3.8) is 0 Å². The van der Waals surface area contributed by atoms with E-state index in [1.807, 2.05) is 0 Å². The largest absolute Gasteiger partial charge is 0.456 e. The molecular formula is C82H57BN4O. The second-order valence-electron chi connectivity index (χ2n) is 24.8. The third-order valence-electron chi connectivity index (χ3n) is 18.8. The van der Waals surface area contributed by atoms with E-state index >= 15 is 0 Å². The molecule has 0 radical (unpaired) electrons. The third-order valence-corrected chi connectivity index (χ3v) is 18.8. The van der Waals surface area contributed by atoms with E-state index in [0.717, 1.165) is 107 Å². The highest BCUT2D eigenvalue weighted by Crippen LogP contribution is 2.56. The first kappa shape index (κ1) is 50.3. The predicted octanol–water partition coefficient (Wildman–Crippen LogP) is 20.0. The lowest BCUT2D eigenvalue weighted by atomic mass is 9.33. The van der Waals surface area contributed by atoms with Crippen molar-refractivity contribution < 1.29 is 4.74 Å². The Morgan fingerprint density at radius 1 is 0.307 bits per heavy atom. The second kappa shape index (κ2) is 19.2. The molecule has 6 heteroatoms. The van der Waals surface area contributed by atoms with Gasteiger partial charge in [0.15, 0.2) is 0 Å². The van der Waals surface area contributed by atoms with Crippen LogP contribution in [0.1, 0.15) is 26.3 Å². The summed E-state index contributed by atoms with van der Waals surface area (Å²) in [6.07, 6.45) is 0. The van der Waals surface area contributed by atoms with E-state index in [-0.39, 0.29) is 12.1 Å². The van der Waals surface area contributed by atoms with Crippen LogP contribution in [-0.4, -0.2) is 15.8 Å². The zero-order valence-electron chi connectivity index (χ0n) is 49.0. The van der Waals surface area contributed by atoms with Crippen LogP contribution in [0.2, 0.25) is 0 Å². The number of aromatic nitrogens is 2. The lowest BCUT2D eigenvalue weighted by Gasteiger charge is -2.46. The molecule has 15 aromatic rings. The van der Waals surface area contributed by atoms with Crippen LogP contribution < -0.4 is 30.9 Å². The Kier molecular flexibility index (Phi) is 11.0. The molecule has 0 atom stereocenters. The Morgan fingerprint density at radius 2 is 0.761 bits per heavy atom. The van der Waals surface area contributed by atoms with E-state index in [9.17, 15) is 0 Å². The van der Waals surface area contributed by atoms with E-state index in [1.54, 1.807) is 0 Å². The Balaban J connectivity index is 1.04. The maximum atomic E-state index is 7.37. The topological polar surface area (TPSA) is 25.6 Å². The van der Waals surface area contributed by atoms with Crippen LogP contribution in [-0.2, 0) is 5.41 Å². The van der Waals surface area contributed by atoms with E-state index in [4.69, 9.17) is 4.74 Å². The minimum atomic E-state index is -0.241. The molecule has 13 aromatic carbocycles. The summed E-state index contributed by atoms with van der Waals surface area (Å²) < 4.78 is 12.4. The molecule has 2 aromatic heterocycles. The Bertz CT molecular complexity index is 5260. The van der Waals surface area contributed by atoms with Gasteiger partial charge in [-0.15, -0.1) is 0 Å². The fourth-order valence-electron chi connectivity index (χ4n) is 14.9. The van der Waals surface area contributed by atoms with Crippen molar-refractivity contribution in [2.45, 2.75) is 26.2 Å². The average Bonchev–Trinajstić information content (AvgIpc) is 0.772. The number of hydrogen-bond donors (Lipinski definition) is 0. The minimum absolute atomic E-state index is 0.234. The molecule has 88 heavy (non-hydrogen) atoms. The minimum Gasteiger partial charge on any atom is -0.456 e. The first-order chi connectivity index (χ1) is 43.3. The number of anilines is 6. The molecule has 0 unspecified atom stereocenters. The fourth-order valence-corrected chi connectivity index (χ4v) is 14.9. The molecule has 5 heterocycles. The molecule has 3 aliphatic rings. The summed E-state index contributed by atoms with van der Waals surface area (Å²) >= 11 is 0. The summed E-state index contributed by atoms with van der Waals surface area (Å²) in [5.74, 6) is 1.60. The normalized spacial score (nSPS) is 13.0. The molecule has 0 saturated heterocycles. The van der Waals surface area contributed by atoms with Crippen LogP contribution in [0.25, 0.3) is 99.5 Å². The highest BCUT2D eigenvalue weighted by atomic mass is 16.5. The number of nitrogens with zero attached hydrogens (tertiary/aromatic N) is 4. The van der Waals surface area contributed by atoms with Crippen LogP contribution in [0.4, 0.5) is 34.1 Å². The zero-order chi connectivity index (χ0) is 58.4. The Hall–Kier alpha value is -11.1. The Morgan fingerprint density at radius 3 is 1.35 bits per heavy atom. The third kappa shape index (κ3) is 7.48. The number of benzene rings is 13. The molecule has 0 amide bonds. The van der Waals surface area contributed by atoms with Crippen molar-refractivity contribution in [2.75, 3.05) is 9.80 Å². The number of ether oxygens (including phenoxy) is 1. The van der Waals surface area contributed by atoms with Gasteiger partial charge in [-0.05, 0) is 123 Å². The van der Waals surface area contributed by atoms with E-state index in [2.05, 4.69) is 331 Å². The number of fused-ring (bicyclic) bond motifs is 16. The summed E-state index contributed by atoms with van der Waals surface area (Å²) in [4.78, 5) is 5.28. The van der Waals surface area contributed by atoms with Gasteiger partial charge in [0, 0.05) is 83.5 Å². The van der Waals surface area contributed by atoms with Gasteiger partial charge in [-0.3, -0.25) is 0 Å². The maximum absolute atomic E-state index is 7.37. The molecular weight excluding hydrogens is 1070 g/mol. The van der Waals surface area contributed by atoms with Crippen LogP contribution in [0, 0.1) is 0 Å². The summed E-state index contributed by atoms with van der Waals surface area (Å²) in [6.45, 7) is 6.83. The van der Waals surface area contributed by atoms with Crippen molar-refractivity contribution in [1.82, 2.24) is 9.13 Å². The maximum Gasteiger partial charge on any atom is 0.252 e. The van der Waals surface area contributed by atoms with Crippen molar-refractivity contribution in [3.8, 4) is 67.4 Å². The molecule has 5 nitrogen and oxygen atoms in total. The molecule has 18 rings (SSSR count). The van der Waals surface area contributed by atoms with Crippen LogP contribution in [0.15, 0.2) is 291 Å². The Labute approximate surface area is 511 Å². The van der Waals surface area contributed by atoms with E-state index in [1.165, 1.54) is 60.1 Å². The number of hydrogen-bond acceptors (Lipinski definition) is 3. The molecule has 0 saturated carbocycles. The first-order valence-electron chi connectivity index (χ1n) is 30.6. The molecule has 0 aliphatic carbocycles. The quantitative estimate of drug-likeness (QED) is 0.161. The van der Waals surface area contributed by atoms with Gasteiger partial charge in [0.25, 0.3) is 6.71 Å². The van der Waals surface area contributed by atoms with E-state index < -0.39 is 0 Å². The van der Waals surface area contributed by atoms with Crippen molar-refractivity contribution in [2.24, 2.45) is 0 Å². The lowest BCUT2D eigenvalue weighted by molar-refractivity contribution is 0.486. The fraction of sp³-hybridized carbons (Fsp3) is 0.0488. The van der Waals surface area contributed by atoms with Crippen molar-refractivity contribution in [1.29, 1.82) is 0 Å². The highest BCUT2D eigenvalue weighted by Gasteiger charge is 2.47. The molecule has 0 N–H and O–H groups in total. The van der Waals surface area contributed by atoms with Gasteiger partial charge in [-0.1, -0.05) is 233 Å². The zero-order valence-corrected chi connectivity index (χ0v) is 49.0. The van der Waals surface area contributed by atoms with Crippen LogP contribution in [0.5, 0.6) is 11.5 Å². The van der Waals surface area contributed by atoms with Gasteiger partial charge in [0.2, 0.25) is 0 Å². The molecule has 0 bridgehead atoms. The smallest absolute Gasteiger partial charge is 0.252 e. The van der Waals surface area contributed by atoms with Gasteiger partial charge in [-0.2, -0.15) is 0 Å². The SMILES string of the molecule is CC(C)(C)c1cc2c3c(c1)-c1ccccc1Oc1ccccc1-c1cccc(-c4ccccc4)c1N3c1cc(-n3c4ccccc4c4ccccc43)cc3c1B2c1ccc(-n2c4ccccc4c4ccccc42)cc1N3c1ccc(-c2ccccc2)cc1. The predicted molar refractivity (Wildman–Crippen MR) is 370 cm³/mol. The summed E-state index contributed by atoms with van der Waals surface area (Å²) in [5, 5.41) is 4.88. The van der Waals surface area contributed by atoms with Gasteiger partial charge in [0.05, 0.1) is 33.4 Å². The van der Waals surface area contributed by atoms with Gasteiger partial charge < -0.3 is 23.7 Å². The first-order valence-corrected chi connectivity index (χ1v) is 30.6. The standard InChI is InChI=1S/C82H57BN4O/c1-82(2,3)55-47-67-65-32-15-21-40-78(65)88-77-39-20-14-31-64(77)66-34-22-33-59(54-25-8-5-9-26-54)80(66)87-76-51-58(86-72-37-18-12-29-62(72)63-30-13-19-38-73(63)86)50-75-79(76)83(69(48-55)81(67)87)68-46-45-57(85-70-35-16-10-27-60(70)61-28-11-17-36-71(61)85)49-74(68)84(75)56-43-41-53(42-44-56)52-23-6-4-7-24-52/h4-51H,1-3H3. The van der Waals surface area contributed by atoms with Crippen LogP contribution in [0.3, 0.4) is 0 Å². The lowest BCUT2D eigenvalue weighted by Crippen LogP contribution is -2.61. The highest BCUT2D eigenvalue weighted by molar-refractivity contribution is 7.00. The molecule has 0 spiro atoms. The number of para-hydroxylation sites is 7. The summed E-state index contributed by atoms with van der Waals surface area (Å²) in [6, 6.07) is 108. The van der Waals surface area contributed by atoms with Crippen molar-refractivity contribution in [3.05, 3.63) is 297 Å². The van der Waals surface area contributed by atoms with Crippen LogP contribution >= 0.6 is 0 Å². The molecule has 0 fully saturated rings. The summed E-state index contributed by atoms with van der Waals surface area (Å²) in [7, 11) is 0. The molecule has 3 aliphatic heterocycles. The molecule has 414 valence electrons. The van der Waals surface area contributed by atoms with Crippen molar-refractivity contribution >= 4 is 101 Å². The van der Waals surface area contributed by atoms with Gasteiger partial charge in [0.1, 0.15) is 11.5 Å².